The van der Waals surface area contributed by atoms with Gasteiger partial charge in [0.1, 0.15) is 4.75 Å². The third kappa shape index (κ3) is 3.34. The van der Waals surface area contributed by atoms with Gasteiger partial charge in [0.15, 0.2) is 0 Å². The highest BCUT2D eigenvalue weighted by atomic mass is 32.2. The van der Waals surface area contributed by atoms with E-state index in [1.54, 1.807) is 13.8 Å². The van der Waals surface area contributed by atoms with Crippen LogP contribution in [-0.4, -0.2) is 23.3 Å². The Morgan fingerprint density at radius 3 is 1.96 bits per heavy atom. The Hall–Kier alpha value is -1.43. The summed E-state index contributed by atoms with van der Waals surface area (Å²) in [6.07, 6.45) is 0. The van der Waals surface area contributed by atoms with Crippen molar-refractivity contribution in [1.82, 2.24) is 0 Å². The summed E-state index contributed by atoms with van der Waals surface area (Å²) in [6.45, 7) is 10.1. The molecular weight excluding hydrogens is 324 g/mol. The molecule has 0 aliphatic rings. The van der Waals surface area contributed by atoms with E-state index in [-0.39, 0.29) is 0 Å². The molecule has 0 aliphatic heterocycles. The Labute approximate surface area is 144 Å². The molecule has 0 amide bonds. The largest absolute Gasteiger partial charge is 0.363 e. The fourth-order valence-corrected chi connectivity index (χ4v) is 3.36. The fraction of sp³-hybridized carbons (Fsp3) is 0.474. The van der Waals surface area contributed by atoms with Gasteiger partial charge in [0.05, 0.1) is 11.2 Å². The van der Waals surface area contributed by atoms with Gasteiger partial charge in [0, 0.05) is 0 Å². The molecule has 0 atom stereocenters. The number of benzene rings is 2. The molecule has 4 nitrogen and oxygen atoms in total. The quantitative estimate of drug-likeness (QED) is 0.804. The standard InChI is InChI=1S/C19H26O4S/c1-17(2,23-18(3,4)19(5,6)24(20,21)22)16-12-11-14-9-7-8-10-15(14)13-16/h7-13H,1-6H3,(H,20,21,22). The topological polar surface area (TPSA) is 63.6 Å². The van der Waals surface area contributed by atoms with Crippen molar-refractivity contribution in [2.75, 3.05) is 0 Å². The first-order valence-corrected chi connectivity index (χ1v) is 9.38. The van der Waals surface area contributed by atoms with Crippen molar-refractivity contribution in [1.29, 1.82) is 0 Å². The van der Waals surface area contributed by atoms with Gasteiger partial charge in [-0.3, -0.25) is 4.55 Å². The zero-order chi connectivity index (χ0) is 18.4. The molecule has 0 unspecified atom stereocenters. The summed E-state index contributed by atoms with van der Waals surface area (Å²) >= 11 is 0. The first kappa shape index (κ1) is 18.9. The number of ether oxygens (including phenoxy) is 1. The zero-order valence-corrected chi connectivity index (χ0v) is 15.9. The van der Waals surface area contributed by atoms with E-state index in [4.69, 9.17) is 4.74 Å². The number of hydrogen-bond acceptors (Lipinski definition) is 3. The fourth-order valence-electron chi connectivity index (χ4n) is 2.69. The number of hydrogen-bond donors (Lipinski definition) is 1. The second kappa shape index (κ2) is 5.83. The Bertz CT molecular complexity index is 849. The molecule has 2 aromatic carbocycles. The molecule has 0 radical (unpaired) electrons. The summed E-state index contributed by atoms with van der Waals surface area (Å²) < 4.78 is 37.9. The Morgan fingerprint density at radius 1 is 0.875 bits per heavy atom. The SMILES string of the molecule is CC(C)(OC(C)(C)C(C)(C)S(=O)(=O)O)c1ccc2ccccc2c1. The molecule has 0 bridgehead atoms. The van der Waals surface area contributed by atoms with Gasteiger partial charge in [-0.2, -0.15) is 8.42 Å². The van der Waals surface area contributed by atoms with Gasteiger partial charge >= 0.3 is 0 Å². The van der Waals surface area contributed by atoms with Gasteiger partial charge in [-0.1, -0.05) is 36.4 Å². The smallest absolute Gasteiger partial charge is 0.272 e. The van der Waals surface area contributed by atoms with Gasteiger partial charge in [-0.25, -0.2) is 0 Å². The van der Waals surface area contributed by atoms with E-state index in [1.165, 1.54) is 13.8 Å². The minimum Gasteiger partial charge on any atom is -0.363 e. The van der Waals surface area contributed by atoms with E-state index in [2.05, 4.69) is 0 Å². The minimum absolute atomic E-state index is 0.727. The van der Waals surface area contributed by atoms with Crippen molar-refractivity contribution in [3.63, 3.8) is 0 Å². The van der Waals surface area contributed by atoms with E-state index < -0.39 is 26.1 Å². The average Bonchev–Trinajstić information content (AvgIpc) is 2.44. The molecule has 24 heavy (non-hydrogen) atoms. The molecule has 0 saturated carbocycles. The summed E-state index contributed by atoms with van der Waals surface area (Å²) in [4.78, 5) is 0. The Balaban J connectivity index is 2.42. The van der Waals surface area contributed by atoms with Gasteiger partial charge < -0.3 is 4.74 Å². The number of rotatable bonds is 5. The van der Waals surface area contributed by atoms with E-state index in [1.807, 2.05) is 56.3 Å². The second-order valence-corrected chi connectivity index (χ2v) is 9.64. The van der Waals surface area contributed by atoms with Crippen LogP contribution < -0.4 is 0 Å². The van der Waals surface area contributed by atoms with Crippen LogP contribution >= 0.6 is 0 Å². The van der Waals surface area contributed by atoms with Crippen LogP contribution in [0, 0.1) is 0 Å². The van der Waals surface area contributed by atoms with Crippen molar-refractivity contribution in [3.05, 3.63) is 48.0 Å². The molecule has 0 saturated heterocycles. The molecule has 2 aromatic rings. The van der Waals surface area contributed by atoms with Crippen LogP contribution in [0.25, 0.3) is 10.8 Å². The van der Waals surface area contributed by atoms with Crippen LogP contribution in [-0.2, 0) is 20.5 Å². The van der Waals surface area contributed by atoms with Crippen LogP contribution in [0.1, 0.15) is 47.1 Å². The maximum atomic E-state index is 11.8. The molecule has 1 N–H and O–H groups in total. The van der Waals surface area contributed by atoms with Crippen LogP contribution in [0.15, 0.2) is 42.5 Å². The van der Waals surface area contributed by atoms with E-state index in [0.717, 1.165) is 16.3 Å². The lowest BCUT2D eigenvalue weighted by atomic mass is 9.89. The maximum absolute atomic E-state index is 11.8. The third-order valence-electron chi connectivity index (χ3n) is 5.05. The highest BCUT2D eigenvalue weighted by Crippen LogP contribution is 2.39. The summed E-state index contributed by atoms with van der Waals surface area (Å²) in [5.41, 5.74) is -0.883. The van der Waals surface area contributed by atoms with E-state index in [0.29, 0.717) is 0 Å². The van der Waals surface area contributed by atoms with Gasteiger partial charge in [-0.15, -0.1) is 0 Å². The molecule has 5 heteroatoms. The van der Waals surface area contributed by atoms with Crippen LogP contribution in [0.3, 0.4) is 0 Å². The molecule has 2 rings (SSSR count). The first-order chi connectivity index (χ1) is 10.8. The molecule has 0 heterocycles. The van der Waals surface area contributed by atoms with Crippen LogP contribution in [0.5, 0.6) is 0 Å². The normalized spacial score (nSPS) is 14.1. The van der Waals surface area contributed by atoms with Crippen LogP contribution in [0.2, 0.25) is 0 Å². The van der Waals surface area contributed by atoms with Crippen molar-refractivity contribution < 1.29 is 17.7 Å². The molecule has 132 valence electrons. The Morgan fingerprint density at radius 2 is 1.42 bits per heavy atom. The van der Waals surface area contributed by atoms with Crippen molar-refractivity contribution >= 4 is 20.9 Å². The van der Waals surface area contributed by atoms with E-state index >= 15 is 0 Å². The van der Waals surface area contributed by atoms with Gasteiger partial charge in [-0.05, 0) is 63.9 Å². The summed E-state index contributed by atoms with van der Waals surface area (Å²) in [5, 5.41) is 2.23. The Kier molecular flexibility index (Phi) is 4.59. The molecule has 0 aromatic heterocycles. The summed E-state index contributed by atoms with van der Waals surface area (Å²) in [7, 11) is -4.27. The summed E-state index contributed by atoms with van der Waals surface area (Å²) in [5.74, 6) is 0. The summed E-state index contributed by atoms with van der Waals surface area (Å²) in [6, 6.07) is 14.1. The average molecular weight is 350 g/mol. The van der Waals surface area contributed by atoms with Crippen molar-refractivity contribution in [3.8, 4) is 0 Å². The van der Waals surface area contributed by atoms with Crippen molar-refractivity contribution in [2.45, 2.75) is 57.5 Å². The van der Waals surface area contributed by atoms with Gasteiger partial charge in [0.25, 0.3) is 10.1 Å². The molecule has 0 fully saturated rings. The monoisotopic (exact) mass is 350 g/mol. The molecule has 0 spiro atoms. The van der Waals surface area contributed by atoms with E-state index in [9.17, 15) is 13.0 Å². The number of fused-ring (bicyclic) bond motifs is 1. The first-order valence-electron chi connectivity index (χ1n) is 7.94. The maximum Gasteiger partial charge on any atom is 0.272 e. The lowest BCUT2D eigenvalue weighted by Crippen LogP contribution is -2.55. The highest BCUT2D eigenvalue weighted by molar-refractivity contribution is 7.87. The molecule has 0 aliphatic carbocycles. The molecular formula is C19H26O4S. The zero-order valence-electron chi connectivity index (χ0n) is 15.1. The predicted molar refractivity (Wildman–Crippen MR) is 97.8 cm³/mol. The lowest BCUT2D eigenvalue weighted by Gasteiger charge is -2.44. The highest BCUT2D eigenvalue weighted by Gasteiger charge is 2.50. The van der Waals surface area contributed by atoms with Crippen LogP contribution in [0.4, 0.5) is 0 Å². The van der Waals surface area contributed by atoms with Gasteiger partial charge in [0.2, 0.25) is 0 Å². The second-order valence-electron chi connectivity index (χ2n) is 7.67. The lowest BCUT2D eigenvalue weighted by molar-refractivity contribution is -0.142. The van der Waals surface area contributed by atoms with Crippen molar-refractivity contribution in [2.24, 2.45) is 0 Å². The predicted octanol–water partition coefficient (Wildman–Crippen LogP) is 4.54. The third-order valence-corrected chi connectivity index (χ3v) is 6.83. The minimum atomic E-state index is -4.27.